The topological polar surface area (TPSA) is 95.6 Å². The summed E-state index contributed by atoms with van der Waals surface area (Å²) < 4.78 is 25.5. The van der Waals surface area contributed by atoms with E-state index in [9.17, 15) is 18.0 Å². The van der Waals surface area contributed by atoms with Crippen molar-refractivity contribution in [1.82, 2.24) is 4.90 Å². The average molecular weight is 472 g/mol. The zero-order valence-electron chi connectivity index (χ0n) is 16.8. The Labute approximate surface area is 186 Å². The SMILES string of the molecule is CCCN(CC(=O)Nc1ccc(Cl)cc1Cl)C(=O)c1ccc(C)c(NS(C)(=O)=O)c1. The number of carbonyl (C=O) groups is 2. The van der Waals surface area contributed by atoms with Crippen LogP contribution in [0.5, 0.6) is 0 Å². The molecule has 0 aliphatic carbocycles. The molecular formula is C20H23Cl2N3O4S. The van der Waals surface area contributed by atoms with E-state index < -0.39 is 15.9 Å². The van der Waals surface area contributed by atoms with Crippen LogP contribution in [0.1, 0.15) is 29.3 Å². The summed E-state index contributed by atoms with van der Waals surface area (Å²) in [4.78, 5) is 26.9. The Kier molecular flexibility index (Phi) is 8.11. The molecule has 2 N–H and O–H groups in total. The highest BCUT2D eigenvalue weighted by Crippen LogP contribution is 2.25. The number of halogens is 2. The predicted molar refractivity (Wildman–Crippen MR) is 121 cm³/mol. The van der Waals surface area contributed by atoms with E-state index in [0.717, 1.165) is 6.26 Å². The van der Waals surface area contributed by atoms with Crippen LogP contribution < -0.4 is 10.0 Å². The number of rotatable bonds is 8. The molecule has 2 amide bonds. The fourth-order valence-corrected chi connectivity index (χ4v) is 3.80. The molecule has 0 radical (unpaired) electrons. The molecule has 0 atom stereocenters. The van der Waals surface area contributed by atoms with Crippen LogP contribution in [0.15, 0.2) is 36.4 Å². The molecule has 30 heavy (non-hydrogen) atoms. The van der Waals surface area contributed by atoms with Gasteiger partial charge in [-0.2, -0.15) is 0 Å². The average Bonchev–Trinajstić information content (AvgIpc) is 2.64. The number of amides is 2. The molecule has 0 saturated carbocycles. The number of benzene rings is 2. The van der Waals surface area contributed by atoms with E-state index in [2.05, 4.69) is 10.0 Å². The van der Waals surface area contributed by atoms with Crippen LogP contribution in [-0.2, 0) is 14.8 Å². The monoisotopic (exact) mass is 471 g/mol. The maximum absolute atomic E-state index is 13.0. The fourth-order valence-electron chi connectivity index (χ4n) is 2.72. The van der Waals surface area contributed by atoms with Crippen molar-refractivity contribution in [3.05, 3.63) is 57.6 Å². The Morgan fingerprint density at radius 1 is 1.07 bits per heavy atom. The van der Waals surface area contributed by atoms with Gasteiger partial charge in [0.15, 0.2) is 0 Å². The van der Waals surface area contributed by atoms with Crippen LogP contribution in [0, 0.1) is 6.92 Å². The first-order chi connectivity index (χ1) is 14.0. The Bertz CT molecular complexity index is 1060. The minimum atomic E-state index is -3.49. The number of carbonyl (C=O) groups excluding carboxylic acids is 2. The Morgan fingerprint density at radius 3 is 2.37 bits per heavy atom. The molecule has 162 valence electrons. The quantitative estimate of drug-likeness (QED) is 0.603. The highest BCUT2D eigenvalue weighted by molar-refractivity contribution is 7.92. The van der Waals surface area contributed by atoms with Gasteiger partial charge >= 0.3 is 0 Å². The van der Waals surface area contributed by atoms with Crippen LogP contribution >= 0.6 is 23.2 Å². The van der Waals surface area contributed by atoms with Gasteiger partial charge < -0.3 is 10.2 Å². The predicted octanol–water partition coefficient (Wildman–Crippen LogP) is 4.16. The highest BCUT2D eigenvalue weighted by atomic mass is 35.5. The van der Waals surface area contributed by atoms with Gasteiger partial charge in [-0.15, -0.1) is 0 Å². The van der Waals surface area contributed by atoms with Crippen LogP contribution in [0.4, 0.5) is 11.4 Å². The zero-order chi connectivity index (χ0) is 22.5. The first kappa shape index (κ1) is 24.0. The van der Waals surface area contributed by atoms with E-state index in [-0.39, 0.29) is 18.0 Å². The number of aryl methyl sites for hydroxylation is 1. The normalized spacial score (nSPS) is 11.1. The summed E-state index contributed by atoms with van der Waals surface area (Å²) in [6.07, 6.45) is 1.68. The van der Waals surface area contributed by atoms with Crippen molar-refractivity contribution in [2.24, 2.45) is 0 Å². The summed E-state index contributed by atoms with van der Waals surface area (Å²) in [5, 5.41) is 3.40. The smallest absolute Gasteiger partial charge is 0.254 e. The van der Waals surface area contributed by atoms with E-state index >= 15 is 0 Å². The van der Waals surface area contributed by atoms with Crippen LogP contribution in [0.2, 0.25) is 10.0 Å². The molecule has 2 aromatic rings. The van der Waals surface area contributed by atoms with Crippen molar-refractivity contribution >= 4 is 56.4 Å². The molecule has 0 aliphatic rings. The summed E-state index contributed by atoms with van der Waals surface area (Å²) in [6, 6.07) is 9.41. The van der Waals surface area contributed by atoms with Gasteiger partial charge in [0, 0.05) is 17.1 Å². The maximum atomic E-state index is 13.0. The third kappa shape index (κ3) is 6.90. The summed E-state index contributed by atoms with van der Waals surface area (Å²) >= 11 is 11.9. The minimum absolute atomic E-state index is 0.186. The summed E-state index contributed by atoms with van der Waals surface area (Å²) in [7, 11) is -3.49. The van der Waals surface area contributed by atoms with E-state index in [1.54, 1.807) is 31.2 Å². The lowest BCUT2D eigenvalue weighted by Gasteiger charge is -2.22. The second kappa shape index (κ2) is 10.1. The van der Waals surface area contributed by atoms with Gasteiger partial charge in [-0.25, -0.2) is 8.42 Å². The number of anilines is 2. The molecule has 0 aromatic heterocycles. The number of nitrogens with one attached hydrogen (secondary N) is 2. The van der Waals surface area contributed by atoms with E-state index in [1.165, 1.54) is 17.0 Å². The number of nitrogens with zero attached hydrogens (tertiary/aromatic N) is 1. The molecule has 2 aromatic carbocycles. The van der Waals surface area contributed by atoms with E-state index in [4.69, 9.17) is 23.2 Å². The van der Waals surface area contributed by atoms with Gasteiger partial charge in [-0.05, 0) is 49.2 Å². The van der Waals surface area contributed by atoms with Crippen molar-refractivity contribution in [2.75, 3.05) is 29.4 Å². The fraction of sp³-hybridized carbons (Fsp3) is 0.300. The molecule has 0 aliphatic heterocycles. The van der Waals surface area contributed by atoms with Crippen molar-refractivity contribution in [2.45, 2.75) is 20.3 Å². The number of hydrogen-bond acceptors (Lipinski definition) is 4. The molecule has 7 nitrogen and oxygen atoms in total. The number of hydrogen-bond donors (Lipinski definition) is 2. The van der Waals surface area contributed by atoms with Crippen molar-refractivity contribution in [1.29, 1.82) is 0 Å². The summed E-state index contributed by atoms with van der Waals surface area (Å²) in [6.45, 7) is 3.78. The van der Waals surface area contributed by atoms with Gasteiger partial charge in [0.25, 0.3) is 5.91 Å². The Morgan fingerprint density at radius 2 is 1.77 bits per heavy atom. The second-order valence-electron chi connectivity index (χ2n) is 6.80. The minimum Gasteiger partial charge on any atom is -0.329 e. The molecule has 0 fully saturated rings. The molecule has 2 rings (SSSR count). The Balaban J connectivity index is 2.19. The van der Waals surface area contributed by atoms with Crippen LogP contribution in [-0.4, -0.2) is 44.5 Å². The third-order valence-electron chi connectivity index (χ3n) is 4.10. The molecule has 0 heterocycles. The first-order valence-electron chi connectivity index (χ1n) is 9.12. The molecule has 0 bridgehead atoms. The van der Waals surface area contributed by atoms with Gasteiger partial charge in [-0.3, -0.25) is 14.3 Å². The van der Waals surface area contributed by atoms with Crippen LogP contribution in [0.25, 0.3) is 0 Å². The second-order valence-corrected chi connectivity index (χ2v) is 9.40. The molecular weight excluding hydrogens is 449 g/mol. The molecule has 0 saturated heterocycles. The number of sulfonamides is 1. The van der Waals surface area contributed by atoms with Crippen molar-refractivity contribution < 1.29 is 18.0 Å². The lowest BCUT2D eigenvalue weighted by Crippen LogP contribution is -2.38. The van der Waals surface area contributed by atoms with Gasteiger partial charge in [0.1, 0.15) is 6.54 Å². The Hall–Kier alpha value is -2.29. The van der Waals surface area contributed by atoms with Gasteiger partial charge in [0.2, 0.25) is 15.9 Å². The van der Waals surface area contributed by atoms with Crippen LogP contribution in [0.3, 0.4) is 0 Å². The standard InChI is InChI=1S/C20H23Cl2N3O4S/c1-4-9-25(12-19(26)23-17-8-7-15(21)11-16(17)22)20(27)14-6-5-13(2)18(10-14)24-30(3,28)29/h5-8,10-11,24H,4,9,12H2,1-3H3,(H,23,26). The molecule has 10 heteroatoms. The lowest BCUT2D eigenvalue weighted by molar-refractivity contribution is -0.116. The highest BCUT2D eigenvalue weighted by Gasteiger charge is 2.20. The van der Waals surface area contributed by atoms with Gasteiger partial charge in [-0.1, -0.05) is 36.2 Å². The lowest BCUT2D eigenvalue weighted by atomic mass is 10.1. The zero-order valence-corrected chi connectivity index (χ0v) is 19.2. The summed E-state index contributed by atoms with van der Waals surface area (Å²) in [5.41, 5.74) is 1.66. The summed E-state index contributed by atoms with van der Waals surface area (Å²) in [5.74, 6) is -0.798. The molecule has 0 unspecified atom stereocenters. The van der Waals surface area contributed by atoms with Crippen molar-refractivity contribution in [3.63, 3.8) is 0 Å². The van der Waals surface area contributed by atoms with E-state index in [0.29, 0.717) is 39.9 Å². The van der Waals surface area contributed by atoms with Crippen molar-refractivity contribution in [3.8, 4) is 0 Å². The van der Waals surface area contributed by atoms with Gasteiger partial charge in [0.05, 0.1) is 22.7 Å². The molecule has 0 spiro atoms. The largest absolute Gasteiger partial charge is 0.329 e. The third-order valence-corrected chi connectivity index (χ3v) is 5.24. The van der Waals surface area contributed by atoms with E-state index in [1.807, 2.05) is 6.92 Å². The first-order valence-corrected chi connectivity index (χ1v) is 11.8. The maximum Gasteiger partial charge on any atom is 0.254 e.